The van der Waals surface area contributed by atoms with E-state index in [0.29, 0.717) is 22.4 Å². The van der Waals surface area contributed by atoms with E-state index in [-0.39, 0.29) is 16.4 Å². The Morgan fingerprint density at radius 3 is 2.14 bits per heavy atom. The van der Waals surface area contributed by atoms with Crippen LogP contribution >= 0.6 is 0 Å². The van der Waals surface area contributed by atoms with Gasteiger partial charge in [-0.25, -0.2) is 8.42 Å². The Morgan fingerprint density at radius 1 is 0.862 bits per heavy atom. The average molecular weight is 407 g/mol. The minimum Gasteiger partial charge on any atom is -0.321 e. The first kappa shape index (κ1) is 20.5. The molecule has 1 amide bonds. The van der Waals surface area contributed by atoms with Crippen LogP contribution in [0.25, 0.3) is 0 Å². The molecule has 0 saturated carbocycles. The average Bonchev–Trinajstić information content (AvgIpc) is 2.75. The van der Waals surface area contributed by atoms with Crippen LogP contribution < -0.4 is 5.32 Å². The number of nitrogens with one attached hydrogen (secondary N) is 1. The van der Waals surface area contributed by atoms with Gasteiger partial charge in [0.05, 0.1) is 16.3 Å². The van der Waals surface area contributed by atoms with E-state index in [0.717, 1.165) is 5.56 Å². The van der Waals surface area contributed by atoms with Crippen LogP contribution in [0.2, 0.25) is 0 Å². The van der Waals surface area contributed by atoms with Crippen LogP contribution in [-0.4, -0.2) is 25.9 Å². The smallest absolute Gasteiger partial charge is 0.255 e. The molecular formula is C23H21NO4S. The second kappa shape index (κ2) is 8.41. The minimum atomic E-state index is -3.33. The summed E-state index contributed by atoms with van der Waals surface area (Å²) < 4.78 is 23.8. The van der Waals surface area contributed by atoms with E-state index in [9.17, 15) is 18.0 Å². The number of aryl methyl sites for hydroxylation is 1. The van der Waals surface area contributed by atoms with Crippen LogP contribution in [0, 0.1) is 6.92 Å². The fourth-order valence-electron chi connectivity index (χ4n) is 2.87. The molecule has 0 radical (unpaired) electrons. The molecule has 0 heterocycles. The van der Waals surface area contributed by atoms with Gasteiger partial charge < -0.3 is 5.32 Å². The standard InChI is InChI=1S/C23H21NO4S/c1-3-29(27,28)19-12-10-18(11-13-19)23(26)24-21-14-9-16(2)15-20(21)22(25)17-7-5-4-6-8-17/h4-15H,3H2,1-2H3,(H,24,26). The van der Waals surface area contributed by atoms with E-state index in [1.165, 1.54) is 24.3 Å². The van der Waals surface area contributed by atoms with Gasteiger partial charge in [0.2, 0.25) is 0 Å². The summed E-state index contributed by atoms with van der Waals surface area (Å²) >= 11 is 0. The predicted octanol–water partition coefficient (Wildman–Crippen LogP) is 4.27. The summed E-state index contributed by atoms with van der Waals surface area (Å²) in [6.45, 7) is 3.44. The number of carbonyl (C=O) groups excluding carboxylic acids is 2. The largest absolute Gasteiger partial charge is 0.321 e. The predicted molar refractivity (Wildman–Crippen MR) is 113 cm³/mol. The van der Waals surface area contributed by atoms with Crippen molar-refractivity contribution in [2.24, 2.45) is 0 Å². The molecule has 0 aliphatic rings. The molecule has 0 unspecified atom stereocenters. The zero-order valence-corrected chi connectivity index (χ0v) is 17.0. The van der Waals surface area contributed by atoms with Gasteiger partial charge in [0.1, 0.15) is 0 Å². The summed E-state index contributed by atoms with van der Waals surface area (Å²) in [5.74, 6) is -0.613. The van der Waals surface area contributed by atoms with Crippen molar-refractivity contribution < 1.29 is 18.0 Å². The maximum absolute atomic E-state index is 12.9. The van der Waals surface area contributed by atoms with Crippen LogP contribution in [-0.2, 0) is 9.84 Å². The first-order valence-electron chi connectivity index (χ1n) is 9.16. The van der Waals surface area contributed by atoms with Gasteiger partial charge in [0.15, 0.2) is 15.6 Å². The van der Waals surface area contributed by atoms with Gasteiger partial charge in [0.25, 0.3) is 5.91 Å². The number of hydrogen-bond donors (Lipinski definition) is 1. The Balaban J connectivity index is 1.89. The van der Waals surface area contributed by atoms with E-state index < -0.39 is 15.7 Å². The normalized spacial score (nSPS) is 11.1. The van der Waals surface area contributed by atoms with Crippen molar-refractivity contribution in [3.8, 4) is 0 Å². The van der Waals surface area contributed by atoms with E-state index >= 15 is 0 Å². The number of carbonyl (C=O) groups is 2. The lowest BCUT2D eigenvalue weighted by molar-refractivity contribution is 0.102. The zero-order valence-electron chi connectivity index (χ0n) is 16.2. The summed E-state index contributed by atoms with van der Waals surface area (Å²) in [6, 6.07) is 19.9. The minimum absolute atomic E-state index is 0.00708. The molecule has 29 heavy (non-hydrogen) atoms. The molecular weight excluding hydrogens is 386 g/mol. The highest BCUT2D eigenvalue weighted by atomic mass is 32.2. The van der Waals surface area contributed by atoms with E-state index in [2.05, 4.69) is 5.32 Å². The lowest BCUT2D eigenvalue weighted by Gasteiger charge is -2.12. The van der Waals surface area contributed by atoms with Crippen LogP contribution in [0.4, 0.5) is 5.69 Å². The number of amides is 1. The highest BCUT2D eigenvalue weighted by Gasteiger charge is 2.17. The van der Waals surface area contributed by atoms with Gasteiger partial charge in [-0.1, -0.05) is 48.9 Å². The summed E-state index contributed by atoms with van der Waals surface area (Å²) in [5.41, 5.74) is 2.53. The molecule has 5 nitrogen and oxygen atoms in total. The third-order valence-electron chi connectivity index (χ3n) is 4.56. The molecule has 0 atom stereocenters. The Kier molecular flexibility index (Phi) is 5.94. The summed E-state index contributed by atoms with van der Waals surface area (Å²) in [4.78, 5) is 25.7. The summed E-state index contributed by atoms with van der Waals surface area (Å²) in [5, 5.41) is 2.77. The lowest BCUT2D eigenvalue weighted by atomic mass is 9.99. The van der Waals surface area contributed by atoms with Crippen LogP contribution in [0.1, 0.15) is 38.8 Å². The Morgan fingerprint density at radius 2 is 1.52 bits per heavy atom. The van der Waals surface area contributed by atoms with E-state index in [1.807, 2.05) is 19.1 Å². The van der Waals surface area contributed by atoms with E-state index in [4.69, 9.17) is 0 Å². The molecule has 0 saturated heterocycles. The zero-order chi connectivity index (χ0) is 21.0. The molecule has 0 spiro atoms. The number of hydrogen-bond acceptors (Lipinski definition) is 4. The number of sulfone groups is 1. The Hall–Kier alpha value is -3.25. The van der Waals surface area contributed by atoms with Gasteiger partial charge in [0, 0.05) is 16.7 Å². The maximum atomic E-state index is 12.9. The van der Waals surface area contributed by atoms with Gasteiger partial charge >= 0.3 is 0 Å². The number of benzene rings is 3. The molecule has 3 rings (SSSR count). The van der Waals surface area contributed by atoms with Crippen LogP contribution in [0.5, 0.6) is 0 Å². The van der Waals surface area contributed by atoms with Crippen molar-refractivity contribution in [3.63, 3.8) is 0 Å². The van der Waals surface area contributed by atoms with Crippen molar-refractivity contribution in [1.29, 1.82) is 0 Å². The molecule has 3 aromatic carbocycles. The van der Waals surface area contributed by atoms with Crippen molar-refractivity contribution in [2.45, 2.75) is 18.7 Å². The molecule has 0 aromatic heterocycles. The first-order valence-corrected chi connectivity index (χ1v) is 10.8. The van der Waals surface area contributed by atoms with Gasteiger partial charge in [-0.2, -0.15) is 0 Å². The fraction of sp³-hybridized carbons (Fsp3) is 0.130. The lowest BCUT2D eigenvalue weighted by Crippen LogP contribution is -2.15. The first-order chi connectivity index (χ1) is 13.8. The van der Waals surface area contributed by atoms with Gasteiger partial charge in [-0.15, -0.1) is 0 Å². The number of rotatable bonds is 6. The van der Waals surface area contributed by atoms with Gasteiger partial charge in [-0.05, 0) is 43.3 Å². The molecule has 1 N–H and O–H groups in total. The van der Waals surface area contributed by atoms with Crippen molar-refractivity contribution in [3.05, 3.63) is 95.1 Å². The third kappa shape index (κ3) is 4.60. The third-order valence-corrected chi connectivity index (χ3v) is 6.31. The highest BCUT2D eigenvalue weighted by Crippen LogP contribution is 2.22. The van der Waals surface area contributed by atoms with Crippen molar-refractivity contribution in [2.75, 3.05) is 11.1 Å². The maximum Gasteiger partial charge on any atom is 0.255 e. The van der Waals surface area contributed by atoms with E-state index in [1.54, 1.807) is 43.3 Å². The molecule has 0 fully saturated rings. The molecule has 0 aliphatic heterocycles. The van der Waals surface area contributed by atoms with Gasteiger partial charge in [-0.3, -0.25) is 9.59 Å². The summed E-state index contributed by atoms with van der Waals surface area (Å²) in [6.07, 6.45) is 0. The second-order valence-electron chi connectivity index (χ2n) is 6.63. The molecule has 0 aliphatic carbocycles. The molecule has 3 aromatic rings. The summed E-state index contributed by atoms with van der Waals surface area (Å²) in [7, 11) is -3.33. The topological polar surface area (TPSA) is 80.3 Å². The molecule has 148 valence electrons. The van der Waals surface area contributed by atoms with Crippen molar-refractivity contribution >= 4 is 27.2 Å². The quantitative estimate of drug-likeness (QED) is 0.619. The molecule has 6 heteroatoms. The van der Waals surface area contributed by atoms with Crippen LogP contribution in [0.15, 0.2) is 77.7 Å². The number of anilines is 1. The SMILES string of the molecule is CCS(=O)(=O)c1ccc(C(=O)Nc2ccc(C)cc2C(=O)c2ccccc2)cc1. The fourth-order valence-corrected chi connectivity index (χ4v) is 3.76. The second-order valence-corrected chi connectivity index (χ2v) is 8.90. The highest BCUT2D eigenvalue weighted by molar-refractivity contribution is 7.91. The Labute approximate surface area is 170 Å². The monoisotopic (exact) mass is 407 g/mol. The number of ketones is 1. The molecule has 0 bridgehead atoms. The van der Waals surface area contributed by atoms with Crippen LogP contribution in [0.3, 0.4) is 0 Å². The Bertz CT molecular complexity index is 1150. The van der Waals surface area contributed by atoms with Crippen molar-refractivity contribution in [1.82, 2.24) is 0 Å².